The van der Waals surface area contributed by atoms with Crippen molar-refractivity contribution in [3.63, 3.8) is 0 Å². The molecule has 0 fully saturated rings. The lowest BCUT2D eigenvalue weighted by atomic mass is 10.0. The van der Waals surface area contributed by atoms with Crippen LogP contribution in [0.1, 0.15) is 12.0 Å². The van der Waals surface area contributed by atoms with Gasteiger partial charge in [0.25, 0.3) is 0 Å². The highest BCUT2D eigenvalue weighted by molar-refractivity contribution is 5.93. The third-order valence-corrected chi connectivity index (χ3v) is 1.91. The summed E-state index contributed by atoms with van der Waals surface area (Å²) < 4.78 is 0. The molecule has 1 aromatic rings. The number of para-hydroxylation sites is 1. The summed E-state index contributed by atoms with van der Waals surface area (Å²) in [5.74, 6) is 0.128. The molecule has 1 aliphatic rings. The highest BCUT2D eigenvalue weighted by atomic mass is 16.1. The largest absolute Gasteiger partial charge is 0.333 e. The second-order valence-electron chi connectivity index (χ2n) is 2.71. The number of carbonyl (C=O) groups is 1. The summed E-state index contributed by atoms with van der Waals surface area (Å²) in [7, 11) is 1.50. The highest BCUT2D eigenvalue weighted by Gasteiger charge is 2.12. The smallest absolute Gasteiger partial charge is 0.224 e. The van der Waals surface area contributed by atoms with Crippen LogP contribution in [0.25, 0.3) is 0 Å². The Labute approximate surface area is 77.9 Å². The van der Waals surface area contributed by atoms with Gasteiger partial charge in [-0.1, -0.05) is 18.2 Å². The van der Waals surface area contributed by atoms with Gasteiger partial charge < -0.3 is 11.1 Å². The van der Waals surface area contributed by atoms with Gasteiger partial charge in [-0.3, -0.25) is 4.79 Å². The Morgan fingerprint density at radius 1 is 1.23 bits per heavy atom. The SMILES string of the molecule is CN.O=C1CCc2ccccc2N1. The lowest BCUT2D eigenvalue weighted by molar-refractivity contribution is -0.116. The van der Waals surface area contributed by atoms with Crippen molar-refractivity contribution < 1.29 is 4.79 Å². The van der Waals surface area contributed by atoms with Crippen LogP contribution in [0.2, 0.25) is 0 Å². The molecule has 0 radical (unpaired) electrons. The molecule has 3 N–H and O–H groups in total. The van der Waals surface area contributed by atoms with Crippen molar-refractivity contribution >= 4 is 11.6 Å². The Bertz CT molecular complexity index is 297. The number of nitrogens with one attached hydrogen (secondary N) is 1. The fraction of sp³-hybridized carbons (Fsp3) is 0.300. The van der Waals surface area contributed by atoms with Crippen LogP contribution in [0, 0.1) is 0 Å². The molecule has 1 heterocycles. The number of carbonyl (C=O) groups excluding carboxylic acids is 1. The number of hydrogen-bond acceptors (Lipinski definition) is 2. The van der Waals surface area contributed by atoms with E-state index in [0.717, 1.165) is 12.1 Å². The summed E-state index contributed by atoms with van der Waals surface area (Å²) in [6.07, 6.45) is 1.50. The van der Waals surface area contributed by atoms with Gasteiger partial charge in [-0.15, -0.1) is 0 Å². The predicted molar refractivity (Wildman–Crippen MR) is 53.5 cm³/mol. The maximum atomic E-state index is 10.9. The van der Waals surface area contributed by atoms with Gasteiger partial charge in [0.05, 0.1) is 0 Å². The number of rotatable bonds is 0. The van der Waals surface area contributed by atoms with Crippen molar-refractivity contribution in [1.29, 1.82) is 0 Å². The molecule has 3 heteroatoms. The predicted octanol–water partition coefficient (Wildman–Crippen LogP) is 1.15. The van der Waals surface area contributed by atoms with Gasteiger partial charge in [0.1, 0.15) is 0 Å². The monoisotopic (exact) mass is 178 g/mol. The molecule has 3 nitrogen and oxygen atoms in total. The second-order valence-corrected chi connectivity index (χ2v) is 2.71. The van der Waals surface area contributed by atoms with Gasteiger partial charge in [-0.2, -0.15) is 0 Å². The molecule has 2 rings (SSSR count). The van der Waals surface area contributed by atoms with Crippen LogP contribution in [0.4, 0.5) is 5.69 Å². The second kappa shape index (κ2) is 4.62. The molecule has 1 aliphatic heterocycles. The number of anilines is 1. The molecule has 0 aliphatic carbocycles. The van der Waals surface area contributed by atoms with Crippen molar-refractivity contribution in [3.05, 3.63) is 29.8 Å². The first kappa shape index (κ1) is 9.74. The van der Waals surface area contributed by atoms with Gasteiger partial charge >= 0.3 is 0 Å². The van der Waals surface area contributed by atoms with E-state index in [1.165, 1.54) is 12.6 Å². The Balaban J connectivity index is 0.000000396. The van der Waals surface area contributed by atoms with Gasteiger partial charge in [-0.05, 0) is 25.1 Å². The third-order valence-electron chi connectivity index (χ3n) is 1.91. The quantitative estimate of drug-likeness (QED) is 0.626. The van der Waals surface area contributed by atoms with Gasteiger partial charge in [0.2, 0.25) is 5.91 Å². The molecule has 0 aromatic heterocycles. The average molecular weight is 178 g/mol. The topological polar surface area (TPSA) is 55.1 Å². The number of benzene rings is 1. The van der Waals surface area contributed by atoms with E-state index in [4.69, 9.17) is 0 Å². The normalized spacial score (nSPS) is 13.5. The molecule has 70 valence electrons. The summed E-state index contributed by atoms with van der Waals surface area (Å²) in [5.41, 5.74) is 6.72. The minimum Gasteiger partial charge on any atom is -0.333 e. The van der Waals surface area contributed by atoms with E-state index in [9.17, 15) is 4.79 Å². The van der Waals surface area contributed by atoms with Crippen molar-refractivity contribution in [2.75, 3.05) is 12.4 Å². The van der Waals surface area contributed by atoms with E-state index < -0.39 is 0 Å². The Kier molecular flexibility index (Phi) is 3.46. The van der Waals surface area contributed by atoms with Crippen LogP contribution >= 0.6 is 0 Å². The molecule has 0 saturated heterocycles. The first-order valence-corrected chi connectivity index (χ1v) is 4.32. The fourth-order valence-corrected chi connectivity index (χ4v) is 1.32. The van der Waals surface area contributed by atoms with Gasteiger partial charge in [-0.25, -0.2) is 0 Å². The van der Waals surface area contributed by atoms with Crippen molar-refractivity contribution in [2.24, 2.45) is 5.73 Å². The van der Waals surface area contributed by atoms with E-state index in [-0.39, 0.29) is 5.91 Å². The Hall–Kier alpha value is -1.35. The molecule has 0 atom stereocenters. The van der Waals surface area contributed by atoms with E-state index in [1.54, 1.807) is 0 Å². The summed E-state index contributed by atoms with van der Waals surface area (Å²) in [6.45, 7) is 0. The zero-order chi connectivity index (χ0) is 9.68. The summed E-state index contributed by atoms with van der Waals surface area (Å²) in [4.78, 5) is 10.9. The van der Waals surface area contributed by atoms with Crippen LogP contribution in [0.15, 0.2) is 24.3 Å². The number of hydrogen-bond donors (Lipinski definition) is 2. The molecule has 1 amide bonds. The van der Waals surface area contributed by atoms with Gasteiger partial charge in [0.15, 0.2) is 0 Å². The molecule has 1 aromatic carbocycles. The minimum absolute atomic E-state index is 0.128. The minimum atomic E-state index is 0.128. The van der Waals surface area contributed by atoms with Gasteiger partial charge in [0, 0.05) is 12.1 Å². The molecule has 0 unspecified atom stereocenters. The van der Waals surface area contributed by atoms with Crippen LogP contribution in [-0.2, 0) is 11.2 Å². The molecular formula is C10H14N2O. The van der Waals surface area contributed by atoms with E-state index in [1.807, 2.05) is 18.2 Å². The van der Waals surface area contributed by atoms with Crippen molar-refractivity contribution in [1.82, 2.24) is 0 Å². The first-order chi connectivity index (χ1) is 6.36. The fourth-order valence-electron chi connectivity index (χ4n) is 1.32. The van der Waals surface area contributed by atoms with E-state index in [2.05, 4.69) is 17.1 Å². The Morgan fingerprint density at radius 3 is 2.69 bits per heavy atom. The number of aryl methyl sites for hydroxylation is 1. The molecule has 0 saturated carbocycles. The van der Waals surface area contributed by atoms with Crippen LogP contribution < -0.4 is 11.1 Å². The maximum absolute atomic E-state index is 10.9. The van der Waals surface area contributed by atoms with Crippen LogP contribution in [-0.4, -0.2) is 13.0 Å². The molecule has 13 heavy (non-hydrogen) atoms. The van der Waals surface area contributed by atoms with E-state index >= 15 is 0 Å². The maximum Gasteiger partial charge on any atom is 0.224 e. The molecule has 0 spiro atoms. The summed E-state index contributed by atoms with van der Waals surface area (Å²) in [5, 5.41) is 2.82. The van der Waals surface area contributed by atoms with Crippen LogP contribution in [0.5, 0.6) is 0 Å². The molecule has 0 bridgehead atoms. The third kappa shape index (κ3) is 2.29. The summed E-state index contributed by atoms with van der Waals surface area (Å²) in [6, 6.07) is 7.92. The average Bonchev–Trinajstić information content (AvgIpc) is 2.21. The summed E-state index contributed by atoms with van der Waals surface area (Å²) >= 11 is 0. The zero-order valence-corrected chi connectivity index (χ0v) is 7.71. The van der Waals surface area contributed by atoms with E-state index in [0.29, 0.717) is 6.42 Å². The molecular weight excluding hydrogens is 164 g/mol. The number of nitrogens with two attached hydrogens (primary N) is 1. The highest BCUT2D eigenvalue weighted by Crippen LogP contribution is 2.20. The first-order valence-electron chi connectivity index (χ1n) is 4.32. The van der Waals surface area contributed by atoms with Crippen LogP contribution in [0.3, 0.4) is 0 Å². The number of amides is 1. The lowest BCUT2D eigenvalue weighted by Crippen LogP contribution is -2.18. The lowest BCUT2D eigenvalue weighted by Gasteiger charge is -2.15. The van der Waals surface area contributed by atoms with Crippen molar-refractivity contribution in [3.8, 4) is 0 Å². The standard InChI is InChI=1S/C9H9NO.CH5N/c11-9-6-5-7-3-1-2-4-8(7)10-9;1-2/h1-4H,5-6H2,(H,10,11);2H2,1H3. The Morgan fingerprint density at radius 2 is 1.92 bits per heavy atom. The van der Waals surface area contributed by atoms with Crippen molar-refractivity contribution in [2.45, 2.75) is 12.8 Å². The number of fused-ring (bicyclic) bond motifs is 1. The zero-order valence-electron chi connectivity index (χ0n) is 7.71.